The molecule has 0 spiro atoms. The Bertz CT molecular complexity index is 757. The number of aliphatic hydroxyl groups excluding tert-OH is 1. The van der Waals surface area contributed by atoms with Gasteiger partial charge < -0.3 is 15.7 Å². The third-order valence-electron chi connectivity index (χ3n) is 5.23. The van der Waals surface area contributed by atoms with E-state index in [9.17, 15) is 9.90 Å². The second-order valence-corrected chi connectivity index (χ2v) is 6.96. The lowest BCUT2D eigenvalue weighted by molar-refractivity contribution is 0.0228. The first-order chi connectivity index (χ1) is 12.2. The van der Waals surface area contributed by atoms with Crippen molar-refractivity contribution >= 4 is 11.6 Å². The number of para-hydroxylation sites is 1. The van der Waals surface area contributed by atoms with E-state index in [-0.39, 0.29) is 24.0 Å². The molecule has 2 aromatic rings. The highest BCUT2D eigenvalue weighted by Gasteiger charge is 2.36. The Labute approximate surface area is 147 Å². The van der Waals surface area contributed by atoms with Gasteiger partial charge in [-0.15, -0.1) is 0 Å². The number of benzene rings is 1. The normalized spacial score (nSPS) is 22.9. The van der Waals surface area contributed by atoms with E-state index < -0.39 is 0 Å². The van der Waals surface area contributed by atoms with Crippen LogP contribution in [-0.2, 0) is 6.42 Å². The predicted molar refractivity (Wildman–Crippen MR) is 96.4 cm³/mol. The maximum absolute atomic E-state index is 13.0. The number of aromatic nitrogens is 1. The predicted octanol–water partition coefficient (Wildman–Crippen LogP) is 2.68. The molecule has 5 nitrogen and oxygen atoms in total. The van der Waals surface area contributed by atoms with E-state index in [0.29, 0.717) is 18.4 Å². The van der Waals surface area contributed by atoms with Gasteiger partial charge in [0.15, 0.2) is 0 Å². The van der Waals surface area contributed by atoms with Crippen molar-refractivity contribution in [2.45, 2.75) is 37.8 Å². The first-order valence-electron chi connectivity index (χ1n) is 8.98. The number of aryl methyl sites for hydroxylation is 1. The molecule has 2 aliphatic rings. The first-order valence-corrected chi connectivity index (χ1v) is 8.98. The lowest BCUT2D eigenvalue weighted by atomic mass is 9.76. The van der Waals surface area contributed by atoms with Crippen LogP contribution in [0.15, 0.2) is 42.6 Å². The molecule has 1 aliphatic heterocycles. The Hall–Kier alpha value is -2.40. The summed E-state index contributed by atoms with van der Waals surface area (Å²) in [6, 6.07) is 11.5. The number of hydrogen-bond acceptors (Lipinski definition) is 4. The van der Waals surface area contributed by atoms with Crippen LogP contribution in [-0.4, -0.2) is 28.6 Å². The number of fused-ring (bicyclic) bond motifs is 1. The molecule has 130 valence electrons. The standard InChI is InChI=1S/C20H23N3O2/c24-15-11-14(12-15)19(17-8-1-2-9-21-17)23-20(25)16-7-3-5-13-6-4-10-22-18(13)16/h1-3,5,7-9,14-15,19,22,24H,4,6,10-12H2,(H,23,25). The van der Waals surface area contributed by atoms with Gasteiger partial charge >= 0.3 is 0 Å². The fourth-order valence-corrected chi connectivity index (χ4v) is 3.81. The van der Waals surface area contributed by atoms with Gasteiger partial charge in [0.1, 0.15) is 0 Å². The summed E-state index contributed by atoms with van der Waals surface area (Å²) in [6.07, 6.45) is 4.98. The molecular formula is C20H23N3O2. The lowest BCUT2D eigenvalue weighted by Crippen LogP contribution is -2.42. The maximum Gasteiger partial charge on any atom is 0.253 e. The van der Waals surface area contributed by atoms with Gasteiger partial charge in [0, 0.05) is 12.7 Å². The van der Waals surface area contributed by atoms with E-state index in [0.717, 1.165) is 30.8 Å². The quantitative estimate of drug-likeness (QED) is 0.802. The molecular weight excluding hydrogens is 314 g/mol. The molecule has 0 radical (unpaired) electrons. The molecule has 1 atom stereocenters. The van der Waals surface area contributed by atoms with Crippen molar-refractivity contribution in [2.75, 3.05) is 11.9 Å². The van der Waals surface area contributed by atoms with E-state index in [2.05, 4.69) is 21.7 Å². The van der Waals surface area contributed by atoms with Crippen LogP contribution in [0.5, 0.6) is 0 Å². The van der Waals surface area contributed by atoms with Gasteiger partial charge in [0.25, 0.3) is 5.91 Å². The van der Waals surface area contributed by atoms with Crippen LogP contribution in [0.2, 0.25) is 0 Å². The van der Waals surface area contributed by atoms with E-state index in [1.54, 1.807) is 6.20 Å². The van der Waals surface area contributed by atoms with Crippen molar-refractivity contribution in [1.29, 1.82) is 0 Å². The van der Waals surface area contributed by atoms with Crippen LogP contribution in [0.1, 0.15) is 46.9 Å². The Kier molecular flexibility index (Phi) is 4.40. The molecule has 0 bridgehead atoms. The van der Waals surface area contributed by atoms with E-state index >= 15 is 0 Å². The average Bonchev–Trinajstić information content (AvgIpc) is 2.64. The summed E-state index contributed by atoms with van der Waals surface area (Å²) in [5, 5.41) is 16.2. The Morgan fingerprint density at radius 2 is 2.12 bits per heavy atom. The smallest absolute Gasteiger partial charge is 0.253 e. The minimum Gasteiger partial charge on any atom is -0.393 e. The van der Waals surface area contributed by atoms with Crippen molar-refractivity contribution in [1.82, 2.24) is 10.3 Å². The number of nitrogens with zero attached hydrogens (tertiary/aromatic N) is 1. The van der Waals surface area contributed by atoms with Crippen molar-refractivity contribution in [2.24, 2.45) is 5.92 Å². The third kappa shape index (κ3) is 3.24. The molecule has 1 aromatic heterocycles. The minimum atomic E-state index is -0.265. The Morgan fingerprint density at radius 3 is 2.88 bits per heavy atom. The molecule has 1 aliphatic carbocycles. The average molecular weight is 337 g/mol. The van der Waals surface area contributed by atoms with Gasteiger partial charge in [0.05, 0.1) is 29.1 Å². The largest absolute Gasteiger partial charge is 0.393 e. The summed E-state index contributed by atoms with van der Waals surface area (Å²) < 4.78 is 0. The molecule has 1 unspecified atom stereocenters. The summed E-state index contributed by atoms with van der Waals surface area (Å²) in [4.78, 5) is 17.4. The van der Waals surface area contributed by atoms with Crippen LogP contribution in [0.25, 0.3) is 0 Å². The number of nitrogens with one attached hydrogen (secondary N) is 2. The van der Waals surface area contributed by atoms with Gasteiger partial charge in [-0.05, 0) is 55.4 Å². The first kappa shape index (κ1) is 16.1. The number of carbonyl (C=O) groups is 1. The Morgan fingerprint density at radius 1 is 1.24 bits per heavy atom. The molecule has 1 amide bonds. The van der Waals surface area contributed by atoms with E-state index in [4.69, 9.17) is 0 Å². The topological polar surface area (TPSA) is 74.2 Å². The molecule has 1 fully saturated rings. The van der Waals surface area contributed by atoms with Gasteiger partial charge in [-0.2, -0.15) is 0 Å². The highest BCUT2D eigenvalue weighted by Crippen LogP contribution is 2.38. The van der Waals surface area contributed by atoms with Gasteiger partial charge in [-0.1, -0.05) is 18.2 Å². The summed E-state index contributed by atoms with van der Waals surface area (Å²) in [6.45, 7) is 0.899. The fraction of sp³-hybridized carbons (Fsp3) is 0.400. The van der Waals surface area contributed by atoms with Crippen LogP contribution < -0.4 is 10.6 Å². The Balaban J connectivity index is 1.59. The van der Waals surface area contributed by atoms with Crippen LogP contribution >= 0.6 is 0 Å². The number of pyridine rings is 1. The van der Waals surface area contributed by atoms with Crippen molar-refractivity contribution in [3.05, 3.63) is 59.4 Å². The molecule has 1 saturated carbocycles. The zero-order valence-corrected chi connectivity index (χ0v) is 14.1. The minimum absolute atomic E-state index is 0.0803. The van der Waals surface area contributed by atoms with Gasteiger partial charge in [-0.3, -0.25) is 9.78 Å². The molecule has 2 heterocycles. The van der Waals surface area contributed by atoms with Crippen LogP contribution in [0.3, 0.4) is 0 Å². The SMILES string of the molecule is O=C(NC(c1ccccn1)C1CC(O)C1)c1cccc2c1NCCC2. The summed E-state index contributed by atoms with van der Waals surface area (Å²) in [5.41, 5.74) is 3.70. The second-order valence-electron chi connectivity index (χ2n) is 6.96. The molecule has 1 aromatic carbocycles. The highest BCUT2D eigenvalue weighted by atomic mass is 16.3. The molecule has 3 N–H and O–H groups in total. The van der Waals surface area contributed by atoms with Gasteiger partial charge in [-0.25, -0.2) is 0 Å². The lowest BCUT2D eigenvalue weighted by Gasteiger charge is -2.37. The number of anilines is 1. The zero-order chi connectivity index (χ0) is 17.2. The maximum atomic E-state index is 13.0. The third-order valence-corrected chi connectivity index (χ3v) is 5.23. The van der Waals surface area contributed by atoms with Crippen molar-refractivity contribution in [3.63, 3.8) is 0 Å². The number of rotatable bonds is 4. The van der Waals surface area contributed by atoms with Crippen molar-refractivity contribution in [3.8, 4) is 0 Å². The molecule has 0 saturated heterocycles. The summed E-state index contributed by atoms with van der Waals surface area (Å²) >= 11 is 0. The number of amides is 1. The zero-order valence-electron chi connectivity index (χ0n) is 14.1. The number of hydrogen-bond donors (Lipinski definition) is 3. The number of aliphatic hydroxyl groups is 1. The molecule has 5 heteroatoms. The summed E-state index contributed by atoms with van der Waals surface area (Å²) in [5.74, 6) is 0.143. The molecule has 25 heavy (non-hydrogen) atoms. The van der Waals surface area contributed by atoms with E-state index in [1.165, 1.54) is 5.56 Å². The van der Waals surface area contributed by atoms with Crippen LogP contribution in [0, 0.1) is 5.92 Å². The monoisotopic (exact) mass is 337 g/mol. The highest BCUT2D eigenvalue weighted by molar-refractivity contribution is 6.00. The fourth-order valence-electron chi connectivity index (χ4n) is 3.81. The summed E-state index contributed by atoms with van der Waals surface area (Å²) in [7, 11) is 0. The van der Waals surface area contributed by atoms with Crippen LogP contribution in [0.4, 0.5) is 5.69 Å². The van der Waals surface area contributed by atoms with Gasteiger partial charge in [0.2, 0.25) is 0 Å². The van der Waals surface area contributed by atoms with Crippen molar-refractivity contribution < 1.29 is 9.90 Å². The second kappa shape index (κ2) is 6.84. The molecule has 4 rings (SSSR count). The number of carbonyl (C=O) groups excluding carboxylic acids is 1. The van der Waals surface area contributed by atoms with E-state index in [1.807, 2.05) is 30.3 Å².